The van der Waals surface area contributed by atoms with Crippen molar-refractivity contribution in [1.82, 2.24) is 4.98 Å². The molecular formula is C13H19N5. The SMILES string of the molecule is CCC1CCN(c2cccc(CN=[N+]=[N-])n2)CC1. The van der Waals surface area contributed by atoms with Crippen molar-refractivity contribution in [1.29, 1.82) is 0 Å². The number of azide groups is 1. The van der Waals surface area contributed by atoms with Gasteiger partial charge in [-0.2, -0.15) is 0 Å². The number of rotatable bonds is 4. The summed E-state index contributed by atoms with van der Waals surface area (Å²) in [7, 11) is 0. The molecule has 5 nitrogen and oxygen atoms in total. The highest BCUT2D eigenvalue weighted by Gasteiger charge is 2.18. The van der Waals surface area contributed by atoms with Crippen LogP contribution in [-0.4, -0.2) is 18.1 Å². The summed E-state index contributed by atoms with van der Waals surface area (Å²) in [5.41, 5.74) is 9.16. The third-order valence-corrected chi connectivity index (χ3v) is 3.60. The van der Waals surface area contributed by atoms with E-state index in [2.05, 4.69) is 26.8 Å². The second-order valence-electron chi connectivity index (χ2n) is 4.71. The molecule has 1 saturated heterocycles. The zero-order valence-corrected chi connectivity index (χ0v) is 10.8. The van der Waals surface area contributed by atoms with Crippen LogP contribution in [0.1, 0.15) is 31.9 Å². The lowest BCUT2D eigenvalue weighted by atomic mass is 9.94. The number of hydrogen-bond donors (Lipinski definition) is 0. The average Bonchev–Trinajstić information content (AvgIpc) is 2.45. The zero-order chi connectivity index (χ0) is 12.8. The summed E-state index contributed by atoms with van der Waals surface area (Å²) in [6, 6.07) is 5.92. The molecule has 0 atom stereocenters. The van der Waals surface area contributed by atoms with Crippen molar-refractivity contribution in [3.63, 3.8) is 0 Å². The fourth-order valence-corrected chi connectivity index (χ4v) is 2.41. The minimum Gasteiger partial charge on any atom is -0.357 e. The van der Waals surface area contributed by atoms with Crippen LogP contribution in [0, 0.1) is 5.92 Å². The first-order chi connectivity index (χ1) is 8.83. The number of aromatic nitrogens is 1. The van der Waals surface area contributed by atoms with Crippen molar-refractivity contribution in [3.8, 4) is 0 Å². The molecule has 1 aliphatic rings. The van der Waals surface area contributed by atoms with E-state index in [4.69, 9.17) is 5.53 Å². The van der Waals surface area contributed by atoms with Crippen LogP contribution < -0.4 is 4.90 Å². The molecule has 1 aromatic rings. The first kappa shape index (κ1) is 12.7. The van der Waals surface area contributed by atoms with Crippen molar-refractivity contribution in [2.75, 3.05) is 18.0 Å². The first-order valence-electron chi connectivity index (χ1n) is 6.55. The number of pyridine rings is 1. The summed E-state index contributed by atoms with van der Waals surface area (Å²) in [5.74, 6) is 1.88. The smallest absolute Gasteiger partial charge is 0.128 e. The van der Waals surface area contributed by atoms with Gasteiger partial charge in [-0.3, -0.25) is 0 Å². The molecule has 0 bridgehead atoms. The Kier molecular flexibility index (Phi) is 4.42. The summed E-state index contributed by atoms with van der Waals surface area (Å²) in [6.07, 6.45) is 3.77. The minimum absolute atomic E-state index is 0.329. The predicted molar refractivity (Wildman–Crippen MR) is 72.3 cm³/mol. The fraction of sp³-hybridized carbons (Fsp3) is 0.615. The molecule has 0 amide bonds. The van der Waals surface area contributed by atoms with Gasteiger partial charge in [0.15, 0.2) is 0 Å². The molecule has 0 aromatic carbocycles. The molecule has 1 aromatic heterocycles. The van der Waals surface area contributed by atoms with Crippen LogP contribution in [0.25, 0.3) is 10.4 Å². The largest absolute Gasteiger partial charge is 0.357 e. The van der Waals surface area contributed by atoms with Crippen molar-refractivity contribution in [2.45, 2.75) is 32.7 Å². The van der Waals surface area contributed by atoms with Gasteiger partial charge in [0, 0.05) is 23.7 Å². The Balaban J connectivity index is 2.02. The lowest BCUT2D eigenvalue weighted by molar-refractivity contribution is 0.393. The van der Waals surface area contributed by atoms with Gasteiger partial charge in [0.25, 0.3) is 0 Å². The van der Waals surface area contributed by atoms with Gasteiger partial charge in [-0.1, -0.05) is 24.5 Å². The van der Waals surface area contributed by atoms with Gasteiger partial charge in [0.2, 0.25) is 0 Å². The maximum absolute atomic E-state index is 8.32. The normalized spacial score (nSPS) is 16.4. The first-order valence-corrected chi connectivity index (χ1v) is 6.55. The van der Waals surface area contributed by atoms with E-state index in [-0.39, 0.29) is 0 Å². The number of nitrogens with zero attached hydrogens (tertiary/aromatic N) is 5. The molecular weight excluding hydrogens is 226 g/mol. The summed E-state index contributed by atoms with van der Waals surface area (Å²) >= 11 is 0. The predicted octanol–water partition coefficient (Wildman–Crippen LogP) is 3.52. The van der Waals surface area contributed by atoms with E-state index >= 15 is 0 Å². The van der Waals surface area contributed by atoms with Crippen molar-refractivity contribution in [2.24, 2.45) is 11.0 Å². The molecule has 0 saturated carbocycles. The van der Waals surface area contributed by atoms with Gasteiger partial charge in [0.1, 0.15) is 5.82 Å². The third kappa shape index (κ3) is 3.14. The lowest BCUT2D eigenvalue weighted by Gasteiger charge is -2.32. The van der Waals surface area contributed by atoms with Crippen LogP contribution >= 0.6 is 0 Å². The molecule has 2 heterocycles. The molecule has 0 radical (unpaired) electrons. The van der Waals surface area contributed by atoms with E-state index in [1.54, 1.807) is 0 Å². The second kappa shape index (κ2) is 6.26. The molecule has 0 aliphatic carbocycles. The van der Waals surface area contributed by atoms with Crippen LogP contribution in [0.3, 0.4) is 0 Å². The Labute approximate surface area is 107 Å². The van der Waals surface area contributed by atoms with Crippen molar-refractivity contribution in [3.05, 3.63) is 34.3 Å². The van der Waals surface area contributed by atoms with E-state index in [0.717, 1.165) is 30.5 Å². The summed E-state index contributed by atoms with van der Waals surface area (Å²) < 4.78 is 0. The Morgan fingerprint density at radius 3 is 2.89 bits per heavy atom. The Hall–Kier alpha value is -1.74. The molecule has 0 unspecified atom stereocenters. The van der Waals surface area contributed by atoms with Gasteiger partial charge in [-0.25, -0.2) is 4.98 Å². The monoisotopic (exact) mass is 245 g/mol. The molecule has 2 rings (SSSR count). The van der Waals surface area contributed by atoms with Crippen LogP contribution in [0.2, 0.25) is 0 Å². The van der Waals surface area contributed by atoms with Gasteiger partial charge in [0.05, 0.1) is 6.54 Å². The van der Waals surface area contributed by atoms with Crippen LogP contribution in [0.5, 0.6) is 0 Å². The lowest BCUT2D eigenvalue weighted by Crippen LogP contribution is -2.34. The highest BCUT2D eigenvalue weighted by Crippen LogP contribution is 2.23. The van der Waals surface area contributed by atoms with Crippen LogP contribution in [0.4, 0.5) is 5.82 Å². The van der Waals surface area contributed by atoms with E-state index < -0.39 is 0 Å². The highest BCUT2D eigenvalue weighted by atomic mass is 15.2. The number of piperidine rings is 1. The second-order valence-corrected chi connectivity index (χ2v) is 4.71. The Morgan fingerprint density at radius 2 is 2.22 bits per heavy atom. The fourth-order valence-electron chi connectivity index (χ4n) is 2.41. The highest BCUT2D eigenvalue weighted by molar-refractivity contribution is 5.39. The molecule has 0 spiro atoms. The Bertz CT molecular complexity index is 431. The molecule has 0 N–H and O–H groups in total. The van der Waals surface area contributed by atoms with E-state index in [1.165, 1.54) is 19.3 Å². The summed E-state index contributed by atoms with van der Waals surface area (Å²) in [5, 5.41) is 3.55. The number of hydrogen-bond acceptors (Lipinski definition) is 3. The van der Waals surface area contributed by atoms with Gasteiger partial charge < -0.3 is 4.90 Å². The topological polar surface area (TPSA) is 64.9 Å². The number of anilines is 1. The quantitative estimate of drug-likeness (QED) is 0.463. The Morgan fingerprint density at radius 1 is 1.44 bits per heavy atom. The third-order valence-electron chi connectivity index (χ3n) is 3.60. The van der Waals surface area contributed by atoms with Gasteiger partial charge in [-0.05, 0) is 36.4 Å². The zero-order valence-electron chi connectivity index (χ0n) is 10.8. The molecule has 1 aliphatic heterocycles. The van der Waals surface area contributed by atoms with Gasteiger partial charge >= 0.3 is 0 Å². The average molecular weight is 245 g/mol. The molecule has 18 heavy (non-hydrogen) atoms. The van der Waals surface area contributed by atoms with Crippen molar-refractivity contribution >= 4 is 5.82 Å². The summed E-state index contributed by atoms with van der Waals surface area (Å²) in [6.45, 7) is 4.75. The van der Waals surface area contributed by atoms with Crippen LogP contribution in [0.15, 0.2) is 23.3 Å². The molecule has 96 valence electrons. The maximum atomic E-state index is 8.32. The van der Waals surface area contributed by atoms with E-state index in [0.29, 0.717) is 6.54 Å². The van der Waals surface area contributed by atoms with E-state index in [9.17, 15) is 0 Å². The summed E-state index contributed by atoms with van der Waals surface area (Å²) in [4.78, 5) is 9.64. The van der Waals surface area contributed by atoms with Crippen LogP contribution in [-0.2, 0) is 6.54 Å². The standard InChI is InChI=1S/C13H19N5/c1-2-11-6-8-18(9-7-11)13-5-3-4-12(16-13)10-15-17-14/h3-5,11H,2,6-10H2,1H3. The van der Waals surface area contributed by atoms with Gasteiger partial charge in [-0.15, -0.1) is 0 Å². The minimum atomic E-state index is 0.329. The van der Waals surface area contributed by atoms with Crippen molar-refractivity contribution < 1.29 is 0 Å². The molecule has 1 fully saturated rings. The van der Waals surface area contributed by atoms with E-state index in [1.807, 2.05) is 18.2 Å². The maximum Gasteiger partial charge on any atom is 0.128 e. The molecule has 5 heteroatoms.